The molecule has 0 fully saturated rings. The van der Waals surface area contributed by atoms with Gasteiger partial charge in [0.1, 0.15) is 11.0 Å². The van der Waals surface area contributed by atoms with Gasteiger partial charge in [0.15, 0.2) is 0 Å². The highest BCUT2D eigenvalue weighted by molar-refractivity contribution is 6.29. The highest BCUT2D eigenvalue weighted by atomic mass is 35.5. The third-order valence-electron chi connectivity index (χ3n) is 2.65. The van der Waals surface area contributed by atoms with Gasteiger partial charge >= 0.3 is 0 Å². The Balaban J connectivity index is 2.78. The number of carbonyl (C=O) groups is 1. The predicted octanol–water partition coefficient (Wildman–Crippen LogP) is 2.32. The number of methoxy groups -OCH3 is 1. The van der Waals surface area contributed by atoms with Crippen LogP contribution >= 0.6 is 11.6 Å². The van der Waals surface area contributed by atoms with E-state index in [1.807, 2.05) is 0 Å². The summed E-state index contributed by atoms with van der Waals surface area (Å²) in [7, 11) is 3.35. The molecule has 0 saturated heterocycles. The molecule has 1 aromatic heterocycles. The van der Waals surface area contributed by atoms with E-state index in [0.717, 1.165) is 12.8 Å². The molecule has 0 aliphatic rings. The Kier molecular flexibility index (Phi) is 6.59. The average molecular weight is 286 g/mol. The summed E-state index contributed by atoms with van der Waals surface area (Å²) in [6.07, 6.45) is 1.85. The second kappa shape index (κ2) is 7.96. The first-order valence-electron chi connectivity index (χ1n) is 6.25. The van der Waals surface area contributed by atoms with Gasteiger partial charge in [-0.1, -0.05) is 24.9 Å². The van der Waals surface area contributed by atoms with Gasteiger partial charge in [0, 0.05) is 19.7 Å². The van der Waals surface area contributed by atoms with E-state index in [9.17, 15) is 4.79 Å². The summed E-state index contributed by atoms with van der Waals surface area (Å²) < 4.78 is 5.10. The summed E-state index contributed by atoms with van der Waals surface area (Å²) >= 11 is 5.88. The van der Waals surface area contributed by atoms with Crippen LogP contribution in [0.4, 0.5) is 5.82 Å². The zero-order valence-electron chi connectivity index (χ0n) is 11.5. The fraction of sp³-hybridized carbons (Fsp3) is 0.538. The molecule has 6 heteroatoms. The molecule has 0 aliphatic heterocycles. The number of carbonyl (C=O) groups excluding carboxylic acids is 1. The van der Waals surface area contributed by atoms with Gasteiger partial charge in [-0.3, -0.25) is 4.79 Å². The Morgan fingerprint density at radius 2 is 2.26 bits per heavy atom. The minimum atomic E-state index is -0.170. The molecule has 106 valence electrons. The van der Waals surface area contributed by atoms with Gasteiger partial charge in [0.05, 0.1) is 12.6 Å². The highest BCUT2D eigenvalue weighted by Crippen LogP contribution is 2.14. The number of aromatic nitrogens is 1. The fourth-order valence-electron chi connectivity index (χ4n) is 1.77. The number of nitrogens with one attached hydrogen (secondary N) is 2. The number of pyridine rings is 1. The van der Waals surface area contributed by atoms with Crippen molar-refractivity contribution in [1.82, 2.24) is 10.3 Å². The van der Waals surface area contributed by atoms with Gasteiger partial charge in [-0.25, -0.2) is 4.98 Å². The van der Waals surface area contributed by atoms with Crippen molar-refractivity contribution in [3.05, 3.63) is 22.8 Å². The normalized spacial score (nSPS) is 12.0. The van der Waals surface area contributed by atoms with E-state index in [0.29, 0.717) is 18.0 Å². The summed E-state index contributed by atoms with van der Waals surface area (Å²) in [5.74, 6) is 0.396. The lowest BCUT2D eigenvalue weighted by Crippen LogP contribution is -2.38. The number of hydrogen-bond donors (Lipinski definition) is 2. The van der Waals surface area contributed by atoms with Crippen LogP contribution in [0.1, 0.15) is 30.1 Å². The first-order valence-corrected chi connectivity index (χ1v) is 6.63. The fourth-order valence-corrected chi connectivity index (χ4v) is 1.98. The second-order valence-corrected chi connectivity index (χ2v) is 4.62. The van der Waals surface area contributed by atoms with Crippen molar-refractivity contribution in [2.75, 3.05) is 26.1 Å². The second-order valence-electron chi connectivity index (χ2n) is 4.23. The lowest BCUT2D eigenvalue weighted by atomic mass is 10.1. The monoisotopic (exact) mass is 285 g/mol. The van der Waals surface area contributed by atoms with Crippen molar-refractivity contribution in [3.8, 4) is 0 Å². The predicted molar refractivity (Wildman–Crippen MR) is 76.8 cm³/mol. The Bertz CT molecular complexity index is 420. The summed E-state index contributed by atoms with van der Waals surface area (Å²) in [5.41, 5.74) is 0.488. The van der Waals surface area contributed by atoms with Gasteiger partial charge in [-0.2, -0.15) is 0 Å². The lowest BCUT2D eigenvalue weighted by Gasteiger charge is -2.17. The van der Waals surface area contributed by atoms with Gasteiger partial charge in [0.25, 0.3) is 5.91 Å². The summed E-state index contributed by atoms with van der Waals surface area (Å²) in [6.45, 7) is 2.56. The summed E-state index contributed by atoms with van der Waals surface area (Å²) in [5, 5.41) is 6.09. The Morgan fingerprint density at radius 1 is 1.53 bits per heavy atom. The van der Waals surface area contributed by atoms with Crippen LogP contribution in [-0.4, -0.2) is 37.7 Å². The largest absolute Gasteiger partial charge is 0.383 e. The van der Waals surface area contributed by atoms with Crippen molar-refractivity contribution in [2.45, 2.75) is 25.8 Å². The van der Waals surface area contributed by atoms with Crippen molar-refractivity contribution in [3.63, 3.8) is 0 Å². The molecule has 1 amide bonds. The quantitative estimate of drug-likeness (QED) is 0.755. The van der Waals surface area contributed by atoms with Crippen LogP contribution in [0, 0.1) is 0 Å². The summed E-state index contributed by atoms with van der Waals surface area (Å²) in [6, 6.07) is 3.22. The first-order chi connectivity index (χ1) is 9.10. The van der Waals surface area contributed by atoms with E-state index < -0.39 is 0 Å². The summed E-state index contributed by atoms with van der Waals surface area (Å²) in [4.78, 5) is 16.2. The zero-order valence-corrected chi connectivity index (χ0v) is 12.3. The molecule has 1 unspecified atom stereocenters. The van der Waals surface area contributed by atoms with Crippen molar-refractivity contribution < 1.29 is 9.53 Å². The molecule has 1 rings (SSSR count). The molecular weight excluding hydrogens is 266 g/mol. The minimum absolute atomic E-state index is 0.00692. The number of halogens is 1. The zero-order chi connectivity index (χ0) is 14.3. The van der Waals surface area contributed by atoms with E-state index in [2.05, 4.69) is 22.5 Å². The molecule has 2 N–H and O–H groups in total. The topological polar surface area (TPSA) is 63.2 Å². The van der Waals surface area contributed by atoms with Gasteiger partial charge in [-0.05, 0) is 18.6 Å². The van der Waals surface area contributed by atoms with Crippen molar-refractivity contribution >= 4 is 23.3 Å². The Hall–Kier alpha value is -1.33. The number of rotatable bonds is 7. The third kappa shape index (κ3) is 5.04. The molecule has 1 aromatic rings. The molecule has 0 aromatic carbocycles. The van der Waals surface area contributed by atoms with Gasteiger partial charge < -0.3 is 15.4 Å². The molecule has 0 radical (unpaired) electrons. The Morgan fingerprint density at radius 3 is 2.84 bits per heavy atom. The van der Waals surface area contributed by atoms with E-state index >= 15 is 0 Å². The smallest absolute Gasteiger partial charge is 0.251 e. The maximum Gasteiger partial charge on any atom is 0.251 e. The molecular formula is C13H20ClN3O2. The number of nitrogens with zero attached hydrogens (tertiary/aromatic N) is 1. The van der Waals surface area contributed by atoms with Crippen molar-refractivity contribution in [1.29, 1.82) is 0 Å². The van der Waals surface area contributed by atoms with Crippen LogP contribution in [0.25, 0.3) is 0 Å². The standard InChI is InChI=1S/C13H20ClN3O2/c1-4-5-10(8-19-3)16-13(18)9-6-11(14)17-12(7-9)15-2/h6-7,10H,4-5,8H2,1-3H3,(H,15,17)(H,16,18). The van der Waals surface area contributed by atoms with Crippen LogP contribution in [0.5, 0.6) is 0 Å². The number of hydrogen-bond acceptors (Lipinski definition) is 4. The molecule has 1 atom stereocenters. The van der Waals surface area contributed by atoms with E-state index in [1.165, 1.54) is 0 Å². The van der Waals surface area contributed by atoms with Gasteiger partial charge in [-0.15, -0.1) is 0 Å². The van der Waals surface area contributed by atoms with Crippen LogP contribution in [-0.2, 0) is 4.74 Å². The number of ether oxygens (including phenoxy) is 1. The molecule has 19 heavy (non-hydrogen) atoms. The van der Waals surface area contributed by atoms with E-state index in [1.54, 1.807) is 26.3 Å². The number of anilines is 1. The number of amides is 1. The van der Waals surface area contributed by atoms with Crippen LogP contribution in [0.15, 0.2) is 12.1 Å². The Labute approximate surface area is 118 Å². The molecule has 5 nitrogen and oxygen atoms in total. The maximum atomic E-state index is 12.1. The van der Waals surface area contributed by atoms with Gasteiger partial charge in [0.2, 0.25) is 0 Å². The average Bonchev–Trinajstić information content (AvgIpc) is 2.38. The maximum absolute atomic E-state index is 12.1. The molecule has 0 saturated carbocycles. The third-order valence-corrected chi connectivity index (χ3v) is 2.85. The first kappa shape index (κ1) is 15.7. The molecule has 1 heterocycles. The molecule has 0 aliphatic carbocycles. The van der Waals surface area contributed by atoms with Crippen molar-refractivity contribution in [2.24, 2.45) is 0 Å². The molecule has 0 spiro atoms. The SMILES string of the molecule is CCCC(COC)NC(=O)c1cc(Cl)nc(NC)c1. The highest BCUT2D eigenvalue weighted by Gasteiger charge is 2.14. The van der Waals surface area contributed by atoms with E-state index in [4.69, 9.17) is 16.3 Å². The van der Waals surface area contributed by atoms with Crippen LogP contribution in [0.2, 0.25) is 5.15 Å². The van der Waals surface area contributed by atoms with E-state index in [-0.39, 0.29) is 17.1 Å². The van der Waals surface area contributed by atoms with Crippen LogP contribution in [0.3, 0.4) is 0 Å². The lowest BCUT2D eigenvalue weighted by molar-refractivity contribution is 0.0891. The minimum Gasteiger partial charge on any atom is -0.383 e. The van der Waals surface area contributed by atoms with Crippen LogP contribution < -0.4 is 10.6 Å². The molecule has 0 bridgehead atoms.